The summed E-state index contributed by atoms with van der Waals surface area (Å²) in [4.78, 5) is 10.6. The number of hydrogen-bond acceptors (Lipinski definition) is 4. The Balaban J connectivity index is 2.03. The van der Waals surface area contributed by atoms with Crippen molar-refractivity contribution in [2.75, 3.05) is 11.9 Å². The first-order valence-electron chi connectivity index (χ1n) is 7.33. The van der Waals surface area contributed by atoms with Crippen LogP contribution in [0.25, 0.3) is 0 Å². The van der Waals surface area contributed by atoms with E-state index in [2.05, 4.69) is 5.32 Å². The maximum Gasteiger partial charge on any atom is 0.292 e. The first-order valence-corrected chi connectivity index (χ1v) is 7.33. The predicted molar refractivity (Wildman–Crippen MR) is 78.9 cm³/mol. The van der Waals surface area contributed by atoms with Gasteiger partial charge in [0.1, 0.15) is 5.69 Å². The molecule has 0 aromatic heterocycles. The van der Waals surface area contributed by atoms with Gasteiger partial charge < -0.3 is 10.1 Å². The molecule has 1 aromatic carbocycles. The van der Waals surface area contributed by atoms with Gasteiger partial charge in [0, 0.05) is 12.6 Å². The topological polar surface area (TPSA) is 64.4 Å². The van der Waals surface area contributed by atoms with Crippen molar-refractivity contribution >= 4 is 11.4 Å². The predicted octanol–water partition coefficient (Wildman–Crippen LogP) is 3.88. The van der Waals surface area contributed by atoms with Crippen molar-refractivity contribution in [1.82, 2.24) is 0 Å². The van der Waals surface area contributed by atoms with Gasteiger partial charge in [-0.25, -0.2) is 0 Å². The van der Waals surface area contributed by atoms with E-state index in [4.69, 9.17) is 4.74 Å². The van der Waals surface area contributed by atoms with Crippen LogP contribution in [0.3, 0.4) is 0 Å². The summed E-state index contributed by atoms with van der Waals surface area (Å²) in [6.45, 7) is 3.29. The molecule has 5 heteroatoms. The Morgan fingerprint density at radius 3 is 2.80 bits per heavy atom. The minimum Gasteiger partial charge on any atom is -0.379 e. The van der Waals surface area contributed by atoms with E-state index >= 15 is 0 Å². The zero-order valence-electron chi connectivity index (χ0n) is 11.9. The lowest BCUT2D eigenvalue weighted by atomic mass is 10.1. The molecule has 0 spiro atoms. The molecule has 2 rings (SSSR count). The summed E-state index contributed by atoms with van der Waals surface area (Å²) >= 11 is 0. The lowest BCUT2D eigenvalue weighted by molar-refractivity contribution is -0.384. The number of nitro benzene ring substituents is 1. The lowest BCUT2D eigenvalue weighted by Crippen LogP contribution is -2.08. The second-order valence-corrected chi connectivity index (χ2v) is 5.25. The highest BCUT2D eigenvalue weighted by atomic mass is 16.6. The second-order valence-electron chi connectivity index (χ2n) is 5.25. The monoisotopic (exact) mass is 278 g/mol. The van der Waals surface area contributed by atoms with Gasteiger partial charge in [0.05, 0.1) is 17.6 Å². The number of ether oxygens (including phenoxy) is 1. The van der Waals surface area contributed by atoms with Gasteiger partial charge in [-0.05, 0) is 37.0 Å². The van der Waals surface area contributed by atoms with Crippen molar-refractivity contribution < 1.29 is 9.66 Å². The molecule has 0 heterocycles. The van der Waals surface area contributed by atoms with Crippen LogP contribution in [-0.4, -0.2) is 17.6 Å². The number of hydrogen-bond donors (Lipinski definition) is 1. The Kier molecular flexibility index (Phi) is 5.35. The molecule has 5 nitrogen and oxygen atoms in total. The zero-order chi connectivity index (χ0) is 14.4. The number of rotatable bonds is 7. The molecule has 0 unspecified atom stereocenters. The Bertz CT molecular complexity index is 456. The minimum absolute atomic E-state index is 0.128. The van der Waals surface area contributed by atoms with Crippen LogP contribution in [0.4, 0.5) is 11.4 Å². The summed E-state index contributed by atoms with van der Waals surface area (Å²) in [7, 11) is 0. The van der Waals surface area contributed by atoms with E-state index < -0.39 is 0 Å². The van der Waals surface area contributed by atoms with Crippen molar-refractivity contribution in [2.45, 2.75) is 51.7 Å². The molecule has 0 bridgehead atoms. The van der Waals surface area contributed by atoms with E-state index in [0.29, 0.717) is 18.4 Å². The molecule has 1 aliphatic rings. The van der Waals surface area contributed by atoms with E-state index in [1.54, 1.807) is 12.1 Å². The number of anilines is 1. The highest BCUT2D eigenvalue weighted by Gasteiger charge is 2.17. The molecular weight excluding hydrogens is 256 g/mol. The van der Waals surface area contributed by atoms with E-state index in [1.165, 1.54) is 12.8 Å². The molecule has 20 heavy (non-hydrogen) atoms. The third kappa shape index (κ3) is 3.93. The minimum atomic E-state index is -0.348. The van der Waals surface area contributed by atoms with Gasteiger partial charge in [-0.1, -0.05) is 19.8 Å². The molecule has 0 aliphatic heterocycles. The average Bonchev–Trinajstić information content (AvgIpc) is 2.96. The molecule has 0 atom stereocenters. The highest BCUT2D eigenvalue weighted by molar-refractivity contribution is 5.62. The zero-order valence-corrected chi connectivity index (χ0v) is 11.9. The first kappa shape index (κ1) is 14.8. The number of nitro groups is 1. The fourth-order valence-corrected chi connectivity index (χ4v) is 2.50. The third-order valence-corrected chi connectivity index (χ3v) is 3.61. The Hall–Kier alpha value is -1.62. The molecular formula is C15H22N2O3. The molecule has 0 radical (unpaired) electrons. The van der Waals surface area contributed by atoms with E-state index in [0.717, 1.165) is 31.4 Å². The van der Waals surface area contributed by atoms with Gasteiger partial charge >= 0.3 is 0 Å². The fourth-order valence-electron chi connectivity index (χ4n) is 2.50. The van der Waals surface area contributed by atoms with E-state index in [-0.39, 0.29) is 10.6 Å². The van der Waals surface area contributed by atoms with Crippen molar-refractivity contribution in [2.24, 2.45) is 0 Å². The average molecular weight is 278 g/mol. The van der Waals surface area contributed by atoms with Crippen LogP contribution < -0.4 is 5.32 Å². The van der Waals surface area contributed by atoms with Crippen LogP contribution in [-0.2, 0) is 11.3 Å². The van der Waals surface area contributed by atoms with Crippen molar-refractivity contribution in [3.05, 3.63) is 33.9 Å². The van der Waals surface area contributed by atoms with Crippen LogP contribution in [0.1, 0.15) is 44.6 Å². The van der Waals surface area contributed by atoms with Gasteiger partial charge in [-0.3, -0.25) is 10.1 Å². The van der Waals surface area contributed by atoms with E-state index in [9.17, 15) is 10.1 Å². The summed E-state index contributed by atoms with van der Waals surface area (Å²) in [5.74, 6) is 0. The van der Waals surface area contributed by atoms with Crippen molar-refractivity contribution in [3.8, 4) is 0 Å². The quantitative estimate of drug-likeness (QED) is 0.607. The molecule has 1 N–H and O–H groups in total. The molecule has 1 fully saturated rings. The van der Waals surface area contributed by atoms with Gasteiger partial charge in [0.2, 0.25) is 0 Å². The summed E-state index contributed by atoms with van der Waals surface area (Å²) in [6.07, 6.45) is 6.04. The summed E-state index contributed by atoms with van der Waals surface area (Å²) in [5.41, 5.74) is 1.70. The van der Waals surface area contributed by atoms with Gasteiger partial charge in [0.15, 0.2) is 0 Å². The van der Waals surface area contributed by atoms with Crippen LogP contribution in [0.2, 0.25) is 0 Å². The van der Waals surface area contributed by atoms with Gasteiger partial charge in [-0.15, -0.1) is 0 Å². The number of benzene rings is 1. The maximum absolute atomic E-state index is 11.0. The van der Waals surface area contributed by atoms with Crippen LogP contribution >= 0.6 is 0 Å². The summed E-state index contributed by atoms with van der Waals surface area (Å²) in [6, 6.07) is 5.18. The molecule has 1 aliphatic carbocycles. The van der Waals surface area contributed by atoms with E-state index in [1.807, 2.05) is 13.0 Å². The first-order chi connectivity index (χ1) is 9.70. The smallest absolute Gasteiger partial charge is 0.292 e. The van der Waals surface area contributed by atoms with Gasteiger partial charge in [-0.2, -0.15) is 0 Å². The molecule has 1 aromatic rings. The molecule has 0 amide bonds. The van der Waals surface area contributed by atoms with Crippen LogP contribution in [0.5, 0.6) is 0 Å². The summed E-state index contributed by atoms with van der Waals surface area (Å²) < 4.78 is 5.85. The Morgan fingerprint density at radius 2 is 2.15 bits per heavy atom. The summed E-state index contributed by atoms with van der Waals surface area (Å²) in [5, 5.41) is 14.1. The molecule has 110 valence electrons. The SMILES string of the molecule is CCCNc1cc(COC2CCCC2)ccc1[N+](=O)[O-]. The number of nitrogens with zero attached hydrogens (tertiary/aromatic N) is 1. The standard InChI is InChI=1S/C15H22N2O3/c1-2-9-16-14-10-12(7-8-15(14)17(18)19)11-20-13-5-3-4-6-13/h7-8,10,13,16H,2-6,9,11H2,1H3. The van der Waals surface area contributed by atoms with Crippen molar-refractivity contribution in [1.29, 1.82) is 0 Å². The lowest BCUT2D eigenvalue weighted by Gasteiger charge is -2.12. The third-order valence-electron chi connectivity index (χ3n) is 3.61. The normalized spacial score (nSPS) is 15.4. The molecule has 0 saturated heterocycles. The largest absolute Gasteiger partial charge is 0.379 e. The fraction of sp³-hybridized carbons (Fsp3) is 0.600. The Morgan fingerprint density at radius 1 is 1.40 bits per heavy atom. The van der Waals surface area contributed by atoms with Gasteiger partial charge in [0.25, 0.3) is 5.69 Å². The maximum atomic E-state index is 11.0. The highest BCUT2D eigenvalue weighted by Crippen LogP contribution is 2.27. The van der Waals surface area contributed by atoms with Crippen LogP contribution in [0, 0.1) is 10.1 Å². The number of nitrogens with one attached hydrogen (secondary N) is 1. The second kappa shape index (κ2) is 7.24. The Labute approximate surface area is 119 Å². The van der Waals surface area contributed by atoms with Crippen LogP contribution in [0.15, 0.2) is 18.2 Å². The molecule has 1 saturated carbocycles. The van der Waals surface area contributed by atoms with Crippen molar-refractivity contribution in [3.63, 3.8) is 0 Å².